The number of fused-ring (bicyclic) bond motifs is 1. The van der Waals surface area contributed by atoms with Crippen molar-refractivity contribution >= 4 is 10.9 Å². The van der Waals surface area contributed by atoms with E-state index in [2.05, 4.69) is 34.6 Å². The van der Waals surface area contributed by atoms with Gasteiger partial charge in [-0.2, -0.15) is 0 Å². The maximum Gasteiger partial charge on any atom is 0.240 e. The summed E-state index contributed by atoms with van der Waals surface area (Å²) in [6.07, 6.45) is 2.41. The van der Waals surface area contributed by atoms with Crippen LogP contribution in [0.25, 0.3) is 10.9 Å². The number of aryl methyl sites for hydroxylation is 1. The number of nitrogens with zero attached hydrogens (tertiary/aromatic N) is 1. The van der Waals surface area contributed by atoms with Gasteiger partial charge in [-0.05, 0) is 44.5 Å². The minimum absolute atomic E-state index is 0.295. The van der Waals surface area contributed by atoms with E-state index in [0.717, 1.165) is 42.7 Å². The van der Waals surface area contributed by atoms with Gasteiger partial charge in [0.05, 0.1) is 10.9 Å². The van der Waals surface area contributed by atoms with Crippen molar-refractivity contribution in [3.63, 3.8) is 0 Å². The molecule has 2 N–H and O–H groups in total. The van der Waals surface area contributed by atoms with E-state index in [1.54, 1.807) is 0 Å². The molecule has 3 rings (SSSR count). The maximum atomic E-state index is 5.98. The highest BCUT2D eigenvalue weighted by Gasteiger charge is 2.17. The summed E-state index contributed by atoms with van der Waals surface area (Å²) in [5.41, 5.74) is 2.28. The molecule has 0 spiro atoms. The average Bonchev–Trinajstić information content (AvgIpc) is 2.76. The van der Waals surface area contributed by atoms with E-state index in [1.807, 2.05) is 6.07 Å². The molecule has 1 fully saturated rings. The molecule has 17 heavy (non-hydrogen) atoms. The average molecular weight is 231 g/mol. The Morgan fingerprint density at radius 3 is 2.94 bits per heavy atom. The Hall–Kier alpha value is -1.55. The molecule has 1 aromatic carbocycles. The monoisotopic (exact) mass is 231 g/mol. The van der Waals surface area contributed by atoms with Crippen LogP contribution in [-0.2, 0) is 0 Å². The Kier molecular flexibility index (Phi) is 2.73. The fraction of sp³-hybridized carbons (Fsp3) is 0.462. The third-order valence-corrected chi connectivity index (χ3v) is 3.34. The first-order valence-corrected chi connectivity index (χ1v) is 6.15. The number of hydrogen-bond acceptors (Lipinski definition) is 3. The lowest BCUT2D eigenvalue weighted by atomic mass is 10.1. The molecule has 4 nitrogen and oxygen atoms in total. The molecule has 1 aliphatic rings. The Bertz CT molecular complexity index is 514. The highest BCUT2D eigenvalue weighted by atomic mass is 16.5. The molecule has 2 aromatic rings. The fourth-order valence-corrected chi connectivity index (χ4v) is 2.32. The van der Waals surface area contributed by atoms with Crippen molar-refractivity contribution in [2.45, 2.75) is 25.9 Å². The second-order valence-corrected chi connectivity index (χ2v) is 4.59. The minimum atomic E-state index is 0.295. The number of piperidine rings is 1. The first-order valence-electron chi connectivity index (χ1n) is 6.15. The van der Waals surface area contributed by atoms with Crippen molar-refractivity contribution in [3.8, 4) is 5.88 Å². The number of nitrogens with one attached hydrogen (secondary N) is 2. The van der Waals surface area contributed by atoms with Gasteiger partial charge in [0, 0.05) is 0 Å². The lowest BCUT2D eigenvalue weighted by Gasteiger charge is -2.22. The zero-order valence-electron chi connectivity index (χ0n) is 9.99. The lowest BCUT2D eigenvalue weighted by Crippen LogP contribution is -2.34. The van der Waals surface area contributed by atoms with Crippen molar-refractivity contribution in [1.82, 2.24) is 15.5 Å². The molecule has 0 bridgehead atoms. The second kappa shape index (κ2) is 4.37. The van der Waals surface area contributed by atoms with Crippen molar-refractivity contribution < 1.29 is 4.74 Å². The predicted molar refractivity (Wildman–Crippen MR) is 67.4 cm³/mol. The Labute approximate surface area is 100 Å². The second-order valence-electron chi connectivity index (χ2n) is 4.59. The van der Waals surface area contributed by atoms with Gasteiger partial charge in [-0.25, -0.2) is 0 Å². The van der Waals surface area contributed by atoms with Gasteiger partial charge in [0.1, 0.15) is 6.10 Å². The highest BCUT2D eigenvalue weighted by molar-refractivity contribution is 5.86. The molecule has 0 atom stereocenters. The van der Waals surface area contributed by atoms with Gasteiger partial charge in [0.15, 0.2) is 0 Å². The van der Waals surface area contributed by atoms with Crippen LogP contribution in [0.3, 0.4) is 0 Å². The van der Waals surface area contributed by atoms with E-state index >= 15 is 0 Å². The van der Waals surface area contributed by atoms with E-state index in [-0.39, 0.29) is 0 Å². The van der Waals surface area contributed by atoms with Crippen LogP contribution < -0.4 is 10.1 Å². The van der Waals surface area contributed by atoms with Crippen molar-refractivity contribution in [1.29, 1.82) is 0 Å². The Balaban J connectivity index is 1.87. The number of ether oxygens (including phenoxy) is 1. The van der Waals surface area contributed by atoms with Crippen LogP contribution in [0.5, 0.6) is 5.88 Å². The van der Waals surface area contributed by atoms with Crippen molar-refractivity contribution in [2.24, 2.45) is 0 Å². The zero-order valence-corrected chi connectivity index (χ0v) is 9.99. The summed E-state index contributed by atoms with van der Waals surface area (Å²) in [7, 11) is 0. The van der Waals surface area contributed by atoms with Gasteiger partial charge < -0.3 is 10.1 Å². The molecular weight excluding hydrogens is 214 g/mol. The molecule has 0 radical (unpaired) electrons. The number of para-hydroxylation sites is 1. The predicted octanol–water partition coefficient (Wildman–Crippen LogP) is 2.00. The van der Waals surface area contributed by atoms with Crippen LogP contribution in [0.1, 0.15) is 18.4 Å². The molecule has 0 aliphatic carbocycles. The maximum absolute atomic E-state index is 5.98. The third kappa shape index (κ3) is 2.00. The van der Waals surface area contributed by atoms with Crippen molar-refractivity contribution in [2.75, 3.05) is 13.1 Å². The van der Waals surface area contributed by atoms with Crippen LogP contribution in [0, 0.1) is 6.92 Å². The van der Waals surface area contributed by atoms with E-state index in [4.69, 9.17) is 4.74 Å². The van der Waals surface area contributed by atoms with E-state index in [0.29, 0.717) is 6.10 Å². The first kappa shape index (κ1) is 10.6. The summed E-state index contributed by atoms with van der Waals surface area (Å²) < 4.78 is 5.98. The number of benzene rings is 1. The quantitative estimate of drug-likeness (QED) is 0.831. The van der Waals surface area contributed by atoms with Gasteiger partial charge in [-0.15, -0.1) is 5.10 Å². The Morgan fingerprint density at radius 1 is 1.29 bits per heavy atom. The number of aromatic nitrogens is 2. The van der Waals surface area contributed by atoms with Crippen LogP contribution in [0.15, 0.2) is 18.2 Å². The number of H-pyrrole nitrogens is 1. The van der Waals surface area contributed by atoms with Gasteiger partial charge >= 0.3 is 0 Å². The van der Waals surface area contributed by atoms with Crippen LogP contribution in [0.4, 0.5) is 0 Å². The lowest BCUT2D eigenvalue weighted by molar-refractivity contribution is 0.158. The van der Waals surface area contributed by atoms with Crippen LogP contribution in [-0.4, -0.2) is 29.4 Å². The van der Waals surface area contributed by atoms with Gasteiger partial charge in [-0.1, -0.05) is 12.1 Å². The van der Waals surface area contributed by atoms with Crippen LogP contribution >= 0.6 is 0 Å². The number of aromatic amines is 1. The molecule has 2 heterocycles. The highest BCUT2D eigenvalue weighted by Crippen LogP contribution is 2.26. The van der Waals surface area contributed by atoms with E-state index in [9.17, 15) is 0 Å². The molecule has 0 unspecified atom stereocenters. The normalized spacial score (nSPS) is 17.5. The summed E-state index contributed by atoms with van der Waals surface area (Å²) in [6, 6.07) is 6.18. The summed E-state index contributed by atoms with van der Waals surface area (Å²) in [4.78, 5) is 0. The molecule has 0 amide bonds. The third-order valence-electron chi connectivity index (χ3n) is 3.34. The molecule has 0 saturated carbocycles. The van der Waals surface area contributed by atoms with Crippen molar-refractivity contribution in [3.05, 3.63) is 23.8 Å². The minimum Gasteiger partial charge on any atom is -0.473 e. The summed E-state index contributed by atoms with van der Waals surface area (Å²) >= 11 is 0. The molecule has 1 aromatic heterocycles. The van der Waals surface area contributed by atoms with Crippen LogP contribution in [0.2, 0.25) is 0 Å². The largest absolute Gasteiger partial charge is 0.473 e. The van der Waals surface area contributed by atoms with Gasteiger partial charge in [0.2, 0.25) is 5.88 Å². The molecule has 90 valence electrons. The SMILES string of the molecule is Cc1cccc2c(OC3CCNCC3)n[nH]c12. The molecule has 4 heteroatoms. The Morgan fingerprint density at radius 2 is 2.12 bits per heavy atom. The first-order chi connectivity index (χ1) is 8.34. The summed E-state index contributed by atoms with van der Waals surface area (Å²) in [5, 5.41) is 11.8. The van der Waals surface area contributed by atoms with E-state index in [1.165, 1.54) is 5.56 Å². The fourth-order valence-electron chi connectivity index (χ4n) is 2.32. The smallest absolute Gasteiger partial charge is 0.240 e. The summed E-state index contributed by atoms with van der Waals surface area (Å²) in [6.45, 7) is 4.15. The number of rotatable bonds is 2. The standard InChI is InChI=1S/C13H17N3O/c1-9-3-2-4-11-12(9)15-16-13(11)17-10-5-7-14-8-6-10/h2-4,10,14H,5-8H2,1H3,(H,15,16). The van der Waals surface area contributed by atoms with Gasteiger partial charge in [0.25, 0.3) is 0 Å². The molecule has 1 aliphatic heterocycles. The number of hydrogen-bond donors (Lipinski definition) is 2. The molecular formula is C13H17N3O. The summed E-state index contributed by atoms with van der Waals surface area (Å²) in [5.74, 6) is 0.746. The molecule has 1 saturated heterocycles. The zero-order chi connectivity index (χ0) is 11.7. The van der Waals surface area contributed by atoms with E-state index < -0.39 is 0 Å². The van der Waals surface area contributed by atoms with Gasteiger partial charge in [-0.3, -0.25) is 5.10 Å². The topological polar surface area (TPSA) is 49.9 Å².